The van der Waals surface area contributed by atoms with Gasteiger partial charge in [-0.2, -0.15) is 0 Å². The van der Waals surface area contributed by atoms with Crippen LogP contribution in [0.2, 0.25) is 0 Å². The van der Waals surface area contributed by atoms with Crippen molar-refractivity contribution in [1.29, 1.82) is 0 Å². The molecule has 0 radical (unpaired) electrons. The van der Waals surface area contributed by atoms with Gasteiger partial charge in [-0.15, -0.1) is 0 Å². The summed E-state index contributed by atoms with van der Waals surface area (Å²) in [6.07, 6.45) is 15.3. The molecule has 0 saturated heterocycles. The minimum atomic E-state index is 0.353. The van der Waals surface area contributed by atoms with Crippen LogP contribution in [0, 0.1) is 0 Å². The fourth-order valence-corrected chi connectivity index (χ4v) is 2.92. The van der Waals surface area contributed by atoms with E-state index in [1.54, 1.807) is 6.08 Å². The number of hydrogen-bond donors (Lipinski definition) is 0. The van der Waals surface area contributed by atoms with Crippen molar-refractivity contribution >= 4 is 16.8 Å². The summed E-state index contributed by atoms with van der Waals surface area (Å²) in [5.41, 5.74) is 0.992. The lowest BCUT2D eigenvalue weighted by molar-refractivity contribution is 0.0566. The van der Waals surface area contributed by atoms with Crippen LogP contribution in [-0.2, 0) is 4.74 Å². The molecule has 1 heterocycles. The Morgan fingerprint density at radius 1 is 1.15 bits per heavy atom. The number of pyridine rings is 1. The summed E-state index contributed by atoms with van der Waals surface area (Å²) >= 11 is 0. The number of fused-ring (bicyclic) bond motifs is 1. The Balaban J connectivity index is 1.76. The van der Waals surface area contributed by atoms with Crippen LogP contribution in [0.1, 0.15) is 58.1 Å². The normalized spacial score (nSPS) is 12.5. The van der Waals surface area contributed by atoms with Gasteiger partial charge in [-0.05, 0) is 62.3 Å². The summed E-state index contributed by atoms with van der Waals surface area (Å²) in [6, 6.07) is 8.19. The molecule has 0 N–H and O–H groups in total. The highest BCUT2D eigenvalue weighted by atomic mass is 16.5. The summed E-state index contributed by atoms with van der Waals surface area (Å²) < 4.78 is 11.4. The van der Waals surface area contributed by atoms with Gasteiger partial charge in [-0.25, -0.2) is 0 Å². The molecule has 1 aromatic carbocycles. The molecule has 0 fully saturated rings. The number of rotatable bonds is 13. The molecule has 0 amide bonds. The molecule has 0 aliphatic rings. The van der Waals surface area contributed by atoms with Crippen LogP contribution in [0.5, 0.6) is 5.75 Å². The van der Waals surface area contributed by atoms with E-state index >= 15 is 0 Å². The third kappa shape index (κ3) is 7.96. The van der Waals surface area contributed by atoms with Crippen molar-refractivity contribution in [3.05, 3.63) is 54.9 Å². The van der Waals surface area contributed by atoms with Gasteiger partial charge in [0.1, 0.15) is 12.4 Å². The van der Waals surface area contributed by atoms with Crippen molar-refractivity contribution < 1.29 is 9.47 Å². The lowest BCUT2D eigenvalue weighted by Gasteiger charge is -2.11. The smallest absolute Gasteiger partial charge is 0.120 e. The average molecular weight is 368 g/mol. The van der Waals surface area contributed by atoms with Crippen molar-refractivity contribution in [3.8, 4) is 5.75 Å². The van der Waals surface area contributed by atoms with Gasteiger partial charge in [0.05, 0.1) is 11.8 Å². The van der Waals surface area contributed by atoms with Gasteiger partial charge >= 0.3 is 0 Å². The van der Waals surface area contributed by atoms with Crippen LogP contribution in [0.25, 0.3) is 16.8 Å². The SMILES string of the molecule is C=CCOc1ccc2cc(/C=C/CCCC(C)OCCCCC)ncc2c1. The molecule has 1 aromatic heterocycles. The van der Waals surface area contributed by atoms with Gasteiger partial charge in [0.2, 0.25) is 0 Å². The molecule has 0 aliphatic heterocycles. The van der Waals surface area contributed by atoms with Gasteiger partial charge in [-0.1, -0.05) is 44.6 Å². The maximum absolute atomic E-state index is 5.84. The van der Waals surface area contributed by atoms with E-state index in [2.05, 4.69) is 49.7 Å². The molecule has 1 atom stereocenters. The minimum Gasteiger partial charge on any atom is -0.490 e. The van der Waals surface area contributed by atoms with Crippen LogP contribution in [0.3, 0.4) is 0 Å². The summed E-state index contributed by atoms with van der Waals surface area (Å²) in [4.78, 5) is 4.53. The lowest BCUT2D eigenvalue weighted by atomic mass is 10.1. The molecule has 2 aromatic rings. The predicted molar refractivity (Wildman–Crippen MR) is 115 cm³/mol. The zero-order valence-corrected chi connectivity index (χ0v) is 16.8. The van der Waals surface area contributed by atoms with E-state index in [1.807, 2.05) is 18.3 Å². The van der Waals surface area contributed by atoms with Crippen LogP contribution in [0.15, 0.2) is 49.2 Å². The quantitative estimate of drug-likeness (QED) is 0.296. The Labute approximate surface area is 164 Å². The first-order chi connectivity index (χ1) is 13.2. The third-order valence-electron chi connectivity index (χ3n) is 4.50. The minimum absolute atomic E-state index is 0.353. The highest BCUT2D eigenvalue weighted by molar-refractivity contribution is 5.84. The number of aromatic nitrogens is 1. The van der Waals surface area contributed by atoms with Crippen molar-refractivity contribution in [2.75, 3.05) is 13.2 Å². The maximum atomic E-state index is 5.84. The zero-order valence-electron chi connectivity index (χ0n) is 16.8. The number of ether oxygens (including phenoxy) is 2. The van der Waals surface area contributed by atoms with E-state index in [1.165, 1.54) is 24.6 Å². The molecule has 0 bridgehead atoms. The molecule has 146 valence electrons. The Kier molecular flexibility index (Phi) is 9.64. The second kappa shape index (κ2) is 12.3. The first-order valence-electron chi connectivity index (χ1n) is 10.1. The molecule has 3 heteroatoms. The monoisotopic (exact) mass is 367 g/mol. The van der Waals surface area contributed by atoms with Crippen LogP contribution in [-0.4, -0.2) is 24.3 Å². The summed E-state index contributed by atoms with van der Waals surface area (Å²) in [7, 11) is 0. The van der Waals surface area contributed by atoms with Crippen LogP contribution in [0.4, 0.5) is 0 Å². The van der Waals surface area contributed by atoms with Crippen molar-refractivity contribution in [2.45, 2.75) is 58.5 Å². The number of allylic oxidation sites excluding steroid dienone is 1. The Morgan fingerprint density at radius 3 is 2.85 bits per heavy atom. The highest BCUT2D eigenvalue weighted by Gasteiger charge is 2.01. The van der Waals surface area contributed by atoms with Gasteiger partial charge < -0.3 is 9.47 Å². The number of benzene rings is 1. The van der Waals surface area contributed by atoms with E-state index < -0.39 is 0 Å². The van der Waals surface area contributed by atoms with Gasteiger partial charge in [0, 0.05) is 18.2 Å². The first kappa shape index (κ1) is 21.2. The molecule has 1 unspecified atom stereocenters. The van der Waals surface area contributed by atoms with Crippen molar-refractivity contribution in [1.82, 2.24) is 4.98 Å². The summed E-state index contributed by atoms with van der Waals surface area (Å²) in [5.74, 6) is 0.846. The molecule has 27 heavy (non-hydrogen) atoms. The second-order valence-corrected chi connectivity index (χ2v) is 6.94. The highest BCUT2D eigenvalue weighted by Crippen LogP contribution is 2.21. The Hall–Kier alpha value is -2.13. The standard InChI is InChI=1S/C24H33NO2/c1-4-6-10-16-26-20(3)11-8-7-9-12-23-17-21-13-14-24(27-15-5-2)18-22(21)19-25-23/h5,9,12-14,17-20H,2,4,6-8,10-11,15-16H2,1,3H3/b12-9+. The lowest BCUT2D eigenvalue weighted by Crippen LogP contribution is -2.08. The molecular formula is C24H33NO2. The molecule has 0 spiro atoms. The Bertz CT molecular complexity index is 723. The van der Waals surface area contributed by atoms with E-state index in [0.29, 0.717) is 12.7 Å². The first-order valence-corrected chi connectivity index (χ1v) is 10.1. The number of nitrogens with zero attached hydrogens (tertiary/aromatic N) is 1. The maximum Gasteiger partial charge on any atom is 0.120 e. The van der Waals surface area contributed by atoms with E-state index in [9.17, 15) is 0 Å². The zero-order chi connectivity index (χ0) is 19.3. The number of hydrogen-bond acceptors (Lipinski definition) is 3. The van der Waals surface area contributed by atoms with Crippen LogP contribution < -0.4 is 4.74 Å². The number of unbranched alkanes of at least 4 members (excludes halogenated alkanes) is 3. The molecule has 0 saturated carbocycles. The van der Waals surface area contributed by atoms with Gasteiger partial charge in [0.15, 0.2) is 0 Å². The molecule has 3 nitrogen and oxygen atoms in total. The van der Waals surface area contributed by atoms with Gasteiger partial charge in [-0.3, -0.25) is 4.98 Å². The summed E-state index contributed by atoms with van der Waals surface area (Å²) in [6.45, 7) is 9.47. The predicted octanol–water partition coefficient (Wildman–Crippen LogP) is 6.58. The average Bonchev–Trinajstić information content (AvgIpc) is 2.69. The fraction of sp³-hybridized carbons (Fsp3) is 0.458. The molecular weight excluding hydrogens is 334 g/mol. The van der Waals surface area contributed by atoms with E-state index in [4.69, 9.17) is 9.47 Å². The molecule has 2 rings (SSSR count). The summed E-state index contributed by atoms with van der Waals surface area (Å²) in [5, 5.41) is 2.26. The Morgan fingerprint density at radius 2 is 2.04 bits per heavy atom. The fourth-order valence-electron chi connectivity index (χ4n) is 2.92. The van der Waals surface area contributed by atoms with E-state index in [-0.39, 0.29) is 0 Å². The topological polar surface area (TPSA) is 31.4 Å². The molecule has 0 aliphatic carbocycles. The van der Waals surface area contributed by atoms with E-state index in [0.717, 1.165) is 42.7 Å². The third-order valence-corrected chi connectivity index (χ3v) is 4.50. The van der Waals surface area contributed by atoms with Crippen LogP contribution >= 0.6 is 0 Å². The van der Waals surface area contributed by atoms with Gasteiger partial charge in [0.25, 0.3) is 0 Å². The van der Waals surface area contributed by atoms with Crippen molar-refractivity contribution in [2.24, 2.45) is 0 Å². The van der Waals surface area contributed by atoms with Crippen molar-refractivity contribution in [3.63, 3.8) is 0 Å². The largest absolute Gasteiger partial charge is 0.490 e. The second-order valence-electron chi connectivity index (χ2n) is 6.94.